The first kappa shape index (κ1) is 21.4. The van der Waals surface area contributed by atoms with Gasteiger partial charge in [-0.1, -0.05) is 24.4 Å². The van der Waals surface area contributed by atoms with E-state index in [0.29, 0.717) is 23.0 Å². The lowest BCUT2D eigenvalue weighted by Gasteiger charge is -2.24. The fourth-order valence-corrected chi connectivity index (χ4v) is 4.10. The van der Waals surface area contributed by atoms with Crippen molar-refractivity contribution in [1.29, 1.82) is 0 Å². The Morgan fingerprint density at radius 1 is 1.28 bits per heavy atom. The largest absolute Gasteiger partial charge is 0.495 e. The third kappa shape index (κ3) is 4.83. The third-order valence-corrected chi connectivity index (χ3v) is 6.07. The van der Waals surface area contributed by atoms with Crippen molar-refractivity contribution < 1.29 is 23.9 Å². The van der Waals surface area contributed by atoms with Gasteiger partial charge in [0.05, 0.1) is 18.7 Å². The molecular formula is C21H27ClN2O5. The molecule has 1 aliphatic heterocycles. The number of carbonyl (C=O) groups excluding carboxylic acids is 3. The van der Waals surface area contributed by atoms with Crippen molar-refractivity contribution in [3.8, 4) is 5.75 Å². The van der Waals surface area contributed by atoms with Crippen molar-refractivity contribution in [2.45, 2.75) is 58.1 Å². The zero-order valence-corrected chi connectivity index (χ0v) is 17.8. The lowest BCUT2D eigenvalue weighted by atomic mass is 10.1. The average molecular weight is 423 g/mol. The van der Waals surface area contributed by atoms with Crippen LogP contribution in [0, 0.1) is 12.8 Å². The zero-order valence-electron chi connectivity index (χ0n) is 17.0. The lowest BCUT2D eigenvalue weighted by Crippen LogP contribution is -2.36. The smallest absolute Gasteiger partial charge is 0.312 e. The quantitative estimate of drug-likeness (QED) is 0.711. The van der Waals surface area contributed by atoms with Crippen LogP contribution in [0.15, 0.2) is 12.1 Å². The standard InChI is InChI=1S/C21H27ClN2O5/c1-12-8-17(18(28-3)10-16(12)22)23-20(26)13(2)29-21(27)14-9-19(25)24(11-14)15-6-4-5-7-15/h8,10,13-15H,4-7,9,11H2,1-3H3,(H,23,26)/t13-,14-/m1/s1. The van der Waals surface area contributed by atoms with Crippen LogP contribution in [-0.2, 0) is 19.1 Å². The van der Waals surface area contributed by atoms with Crippen molar-refractivity contribution in [2.24, 2.45) is 5.92 Å². The second-order valence-electron chi connectivity index (χ2n) is 7.76. The van der Waals surface area contributed by atoms with Gasteiger partial charge in [-0.3, -0.25) is 14.4 Å². The number of hydrogen-bond donors (Lipinski definition) is 1. The Balaban J connectivity index is 1.58. The second-order valence-corrected chi connectivity index (χ2v) is 8.16. The predicted molar refractivity (Wildman–Crippen MR) is 109 cm³/mol. The molecule has 2 atom stereocenters. The van der Waals surface area contributed by atoms with Crippen LogP contribution in [-0.4, -0.2) is 48.5 Å². The molecule has 0 spiro atoms. The number of likely N-dealkylation sites (tertiary alicyclic amines) is 1. The Hall–Kier alpha value is -2.28. The molecule has 1 aromatic rings. The summed E-state index contributed by atoms with van der Waals surface area (Å²) in [5.41, 5.74) is 1.23. The maximum absolute atomic E-state index is 12.5. The molecule has 2 fully saturated rings. The summed E-state index contributed by atoms with van der Waals surface area (Å²) in [7, 11) is 1.48. The van der Waals surface area contributed by atoms with E-state index < -0.39 is 23.9 Å². The highest BCUT2D eigenvalue weighted by Gasteiger charge is 2.40. The highest BCUT2D eigenvalue weighted by Crippen LogP contribution is 2.32. The summed E-state index contributed by atoms with van der Waals surface area (Å²) < 4.78 is 10.6. The lowest BCUT2D eigenvalue weighted by molar-refractivity contribution is -0.157. The van der Waals surface area contributed by atoms with Gasteiger partial charge < -0.3 is 19.7 Å². The number of methoxy groups -OCH3 is 1. The van der Waals surface area contributed by atoms with Gasteiger partial charge in [-0.25, -0.2) is 0 Å². The highest BCUT2D eigenvalue weighted by atomic mass is 35.5. The molecule has 158 valence electrons. The minimum atomic E-state index is -1.00. The number of benzene rings is 1. The molecule has 2 amide bonds. The summed E-state index contributed by atoms with van der Waals surface area (Å²) in [4.78, 5) is 39.1. The predicted octanol–water partition coefficient (Wildman–Crippen LogP) is 3.32. The van der Waals surface area contributed by atoms with E-state index in [2.05, 4.69) is 5.32 Å². The Labute approximate surface area is 175 Å². The molecule has 1 N–H and O–H groups in total. The van der Waals surface area contributed by atoms with E-state index in [-0.39, 0.29) is 18.4 Å². The molecule has 0 aromatic heterocycles. The summed E-state index contributed by atoms with van der Waals surface area (Å²) in [6, 6.07) is 3.55. The first-order valence-corrected chi connectivity index (χ1v) is 10.3. The van der Waals surface area contributed by atoms with Crippen molar-refractivity contribution in [3.63, 3.8) is 0 Å². The molecule has 0 unspecified atom stereocenters. The number of hydrogen-bond acceptors (Lipinski definition) is 5. The topological polar surface area (TPSA) is 84.9 Å². The molecule has 0 bridgehead atoms. The van der Waals surface area contributed by atoms with Crippen LogP contribution in [0.3, 0.4) is 0 Å². The van der Waals surface area contributed by atoms with Gasteiger partial charge in [0, 0.05) is 30.1 Å². The number of anilines is 1. The summed E-state index contributed by atoms with van der Waals surface area (Å²) in [5.74, 6) is -1.10. The van der Waals surface area contributed by atoms with Crippen LogP contribution >= 0.6 is 11.6 Å². The van der Waals surface area contributed by atoms with E-state index in [9.17, 15) is 14.4 Å². The molecule has 1 aromatic carbocycles. The molecule has 1 heterocycles. The number of aryl methyl sites for hydroxylation is 1. The van der Waals surface area contributed by atoms with E-state index in [4.69, 9.17) is 21.1 Å². The van der Waals surface area contributed by atoms with Crippen LogP contribution in [0.2, 0.25) is 5.02 Å². The monoisotopic (exact) mass is 422 g/mol. The molecular weight excluding hydrogens is 396 g/mol. The molecule has 1 saturated heterocycles. The fourth-order valence-electron chi connectivity index (χ4n) is 3.95. The van der Waals surface area contributed by atoms with Gasteiger partial charge in [0.15, 0.2) is 6.10 Å². The van der Waals surface area contributed by atoms with Crippen LogP contribution in [0.25, 0.3) is 0 Å². The summed E-state index contributed by atoms with van der Waals surface area (Å²) in [6.07, 6.45) is 3.37. The summed E-state index contributed by atoms with van der Waals surface area (Å²) in [6.45, 7) is 3.70. The minimum Gasteiger partial charge on any atom is -0.495 e. The van der Waals surface area contributed by atoms with Gasteiger partial charge >= 0.3 is 5.97 Å². The SMILES string of the molecule is COc1cc(Cl)c(C)cc1NC(=O)[C@@H](C)OC(=O)[C@@H]1CC(=O)N(C2CCCC2)C1. The number of ether oxygens (including phenoxy) is 2. The second kappa shape index (κ2) is 9.03. The normalized spacial score (nSPS) is 20.6. The van der Waals surface area contributed by atoms with Gasteiger partial charge in [-0.05, 0) is 38.3 Å². The van der Waals surface area contributed by atoms with Crippen molar-refractivity contribution in [3.05, 3.63) is 22.7 Å². The van der Waals surface area contributed by atoms with E-state index in [1.54, 1.807) is 12.1 Å². The Bertz CT molecular complexity index is 807. The van der Waals surface area contributed by atoms with E-state index in [1.807, 2.05) is 11.8 Å². The Kier molecular flexibility index (Phi) is 6.67. The van der Waals surface area contributed by atoms with Gasteiger partial charge in [-0.15, -0.1) is 0 Å². The van der Waals surface area contributed by atoms with E-state index >= 15 is 0 Å². The number of amides is 2. The van der Waals surface area contributed by atoms with Crippen LogP contribution in [0.5, 0.6) is 5.75 Å². The van der Waals surface area contributed by atoms with Crippen molar-refractivity contribution in [1.82, 2.24) is 4.90 Å². The maximum atomic E-state index is 12.5. The van der Waals surface area contributed by atoms with Crippen LogP contribution < -0.4 is 10.1 Å². The van der Waals surface area contributed by atoms with Crippen LogP contribution in [0.4, 0.5) is 5.69 Å². The molecule has 29 heavy (non-hydrogen) atoms. The Morgan fingerprint density at radius 2 is 1.97 bits per heavy atom. The maximum Gasteiger partial charge on any atom is 0.312 e. The first-order chi connectivity index (χ1) is 13.8. The third-order valence-electron chi connectivity index (χ3n) is 5.66. The number of rotatable bonds is 6. The number of nitrogens with one attached hydrogen (secondary N) is 1. The van der Waals surface area contributed by atoms with Gasteiger partial charge in [0.25, 0.3) is 5.91 Å². The molecule has 2 aliphatic rings. The minimum absolute atomic E-state index is 0.00247. The molecule has 1 saturated carbocycles. The number of nitrogens with zero attached hydrogens (tertiary/aromatic N) is 1. The summed E-state index contributed by atoms with van der Waals surface area (Å²) >= 11 is 6.08. The van der Waals surface area contributed by atoms with Gasteiger partial charge in [0.1, 0.15) is 5.75 Å². The van der Waals surface area contributed by atoms with E-state index in [0.717, 1.165) is 31.2 Å². The van der Waals surface area contributed by atoms with Gasteiger partial charge in [0.2, 0.25) is 5.91 Å². The average Bonchev–Trinajstić information content (AvgIpc) is 3.33. The fraction of sp³-hybridized carbons (Fsp3) is 0.571. The number of esters is 1. The molecule has 3 rings (SSSR count). The van der Waals surface area contributed by atoms with Crippen LogP contribution in [0.1, 0.15) is 44.6 Å². The molecule has 1 aliphatic carbocycles. The molecule has 7 nitrogen and oxygen atoms in total. The molecule has 8 heteroatoms. The van der Waals surface area contributed by atoms with Gasteiger partial charge in [-0.2, -0.15) is 0 Å². The number of carbonyl (C=O) groups is 3. The highest BCUT2D eigenvalue weighted by molar-refractivity contribution is 6.31. The number of halogens is 1. The summed E-state index contributed by atoms with van der Waals surface area (Å²) in [5, 5.41) is 3.24. The van der Waals surface area contributed by atoms with Crippen molar-refractivity contribution >= 4 is 35.1 Å². The first-order valence-electron chi connectivity index (χ1n) is 9.95. The zero-order chi connectivity index (χ0) is 21.1. The Morgan fingerprint density at radius 3 is 2.62 bits per heavy atom. The molecule has 0 radical (unpaired) electrons. The van der Waals surface area contributed by atoms with E-state index in [1.165, 1.54) is 14.0 Å². The van der Waals surface area contributed by atoms with Crippen molar-refractivity contribution in [2.75, 3.05) is 19.0 Å².